The average molecular weight is 318 g/mol. The minimum atomic E-state index is -0.444. The first-order valence-electron chi connectivity index (χ1n) is 8.33. The molecule has 0 radical (unpaired) electrons. The summed E-state index contributed by atoms with van der Waals surface area (Å²) in [5.41, 5.74) is 1.05. The molecule has 5 nitrogen and oxygen atoms in total. The van der Waals surface area contributed by atoms with Crippen molar-refractivity contribution in [1.29, 1.82) is 0 Å². The molecule has 1 aromatic rings. The second-order valence-electron chi connectivity index (χ2n) is 6.20. The van der Waals surface area contributed by atoms with Gasteiger partial charge in [-0.05, 0) is 18.4 Å². The Labute approximate surface area is 137 Å². The van der Waals surface area contributed by atoms with Gasteiger partial charge in [0.15, 0.2) is 0 Å². The molecule has 0 bridgehead atoms. The SMILES string of the molecule is CC(=O)N(CCC(=O)NC1CCCCC1O)Cc1ccccc1. The van der Waals surface area contributed by atoms with E-state index in [-0.39, 0.29) is 24.3 Å². The second kappa shape index (κ2) is 8.67. The average Bonchev–Trinajstić information content (AvgIpc) is 2.54. The fourth-order valence-electron chi connectivity index (χ4n) is 2.95. The van der Waals surface area contributed by atoms with Crippen LogP contribution in [0, 0.1) is 0 Å². The van der Waals surface area contributed by atoms with Crippen LogP contribution in [0.5, 0.6) is 0 Å². The largest absolute Gasteiger partial charge is 0.391 e. The topological polar surface area (TPSA) is 69.6 Å². The molecule has 1 saturated carbocycles. The van der Waals surface area contributed by atoms with Gasteiger partial charge in [0.05, 0.1) is 12.1 Å². The summed E-state index contributed by atoms with van der Waals surface area (Å²) in [7, 11) is 0. The van der Waals surface area contributed by atoms with Gasteiger partial charge in [-0.2, -0.15) is 0 Å². The Morgan fingerprint density at radius 3 is 2.57 bits per heavy atom. The van der Waals surface area contributed by atoms with Crippen LogP contribution in [0.25, 0.3) is 0 Å². The van der Waals surface area contributed by atoms with E-state index in [2.05, 4.69) is 5.32 Å². The maximum absolute atomic E-state index is 12.1. The molecule has 0 aliphatic heterocycles. The maximum atomic E-state index is 12.1. The Kier molecular flexibility index (Phi) is 6.59. The van der Waals surface area contributed by atoms with Crippen LogP contribution >= 0.6 is 0 Å². The highest BCUT2D eigenvalue weighted by atomic mass is 16.3. The van der Waals surface area contributed by atoms with Crippen molar-refractivity contribution in [3.63, 3.8) is 0 Å². The molecule has 126 valence electrons. The zero-order valence-corrected chi connectivity index (χ0v) is 13.7. The van der Waals surface area contributed by atoms with Crippen LogP contribution in [-0.4, -0.2) is 40.5 Å². The standard InChI is InChI=1S/C18H26N2O3/c1-14(21)20(13-15-7-3-2-4-8-15)12-11-18(23)19-16-9-5-6-10-17(16)22/h2-4,7-8,16-17,22H,5-6,9-13H2,1H3,(H,19,23). The highest BCUT2D eigenvalue weighted by Crippen LogP contribution is 2.18. The van der Waals surface area contributed by atoms with Crippen LogP contribution < -0.4 is 5.32 Å². The minimum absolute atomic E-state index is 0.0423. The summed E-state index contributed by atoms with van der Waals surface area (Å²) in [5, 5.41) is 12.8. The zero-order valence-electron chi connectivity index (χ0n) is 13.7. The maximum Gasteiger partial charge on any atom is 0.222 e. The highest BCUT2D eigenvalue weighted by molar-refractivity contribution is 5.78. The molecule has 23 heavy (non-hydrogen) atoms. The molecule has 0 heterocycles. The van der Waals surface area contributed by atoms with Crippen LogP contribution in [0.2, 0.25) is 0 Å². The summed E-state index contributed by atoms with van der Waals surface area (Å²) >= 11 is 0. The lowest BCUT2D eigenvalue weighted by molar-refractivity contribution is -0.130. The first-order chi connectivity index (χ1) is 11.1. The molecule has 2 N–H and O–H groups in total. The Morgan fingerprint density at radius 1 is 1.22 bits per heavy atom. The first kappa shape index (κ1) is 17.5. The van der Waals surface area contributed by atoms with Gasteiger partial charge in [0.2, 0.25) is 11.8 Å². The predicted molar refractivity (Wildman–Crippen MR) is 88.6 cm³/mol. The lowest BCUT2D eigenvalue weighted by Crippen LogP contribution is -2.46. The van der Waals surface area contributed by atoms with Crippen LogP contribution in [0.1, 0.15) is 44.6 Å². The van der Waals surface area contributed by atoms with E-state index in [0.29, 0.717) is 13.1 Å². The number of hydrogen-bond acceptors (Lipinski definition) is 3. The van der Waals surface area contributed by atoms with Crippen molar-refractivity contribution in [3.8, 4) is 0 Å². The van der Waals surface area contributed by atoms with E-state index in [4.69, 9.17) is 0 Å². The number of aliphatic hydroxyl groups excluding tert-OH is 1. The highest BCUT2D eigenvalue weighted by Gasteiger charge is 2.24. The molecule has 1 aliphatic rings. The Balaban J connectivity index is 1.81. The summed E-state index contributed by atoms with van der Waals surface area (Å²) in [4.78, 5) is 25.5. The smallest absolute Gasteiger partial charge is 0.222 e. The lowest BCUT2D eigenvalue weighted by Gasteiger charge is -2.28. The number of carbonyl (C=O) groups is 2. The second-order valence-corrected chi connectivity index (χ2v) is 6.20. The summed E-state index contributed by atoms with van der Waals surface area (Å²) in [6.07, 6.45) is 3.45. The third kappa shape index (κ3) is 5.67. The molecule has 0 spiro atoms. The number of rotatable bonds is 6. The predicted octanol–water partition coefficient (Wildman–Crippen LogP) is 1.84. The van der Waals surface area contributed by atoms with E-state index in [1.54, 1.807) is 4.90 Å². The third-order valence-corrected chi connectivity index (χ3v) is 4.35. The van der Waals surface area contributed by atoms with Gasteiger partial charge in [0.1, 0.15) is 0 Å². The van der Waals surface area contributed by atoms with Crippen LogP contribution in [0.15, 0.2) is 30.3 Å². The molecule has 2 atom stereocenters. The molecule has 0 aromatic heterocycles. The van der Waals surface area contributed by atoms with Crippen molar-refractivity contribution in [3.05, 3.63) is 35.9 Å². The molecule has 2 amide bonds. The summed E-state index contributed by atoms with van der Waals surface area (Å²) in [5.74, 6) is -0.144. The number of hydrogen-bond donors (Lipinski definition) is 2. The number of carbonyl (C=O) groups excluding carboxylic acids is 2. The van der Waals surface area contributed by atoms with E-state index >= 15 is 0 Å². The van der Waals surface area contributed by atoms with Gasteiger partial charge in [0.25, 0.3) is 0 Å². The van der Waals surface area contributed by atoms with Gasteiger partial charge < -0.3 is 15.3 Å². The van der Waals surface area contributed by atoms with E-state index in [9.17, 15) is 14.7 Å². The number of nitrogens with one attached hydrogen (secondary N) is 1. The van der Waals surface area contributed by atoms with Crippen LogP contribution in [0.4, 0.5) is 0 Å². The van der Waals surface area contributed by atoms with Crippen molar-refractivity contribution >= 4 is 11.8 Å². The van der Waals surface area contributed by atoms with Crippen molar-refractivity contribution in [2.24, 2.45) is 0 Å². The zero-order chi connectivity index (χ0) is 16.7. The van der Waals surface area contributed by atoms with Gasteiger partial charge in [-0.25, -0.2) is 0 Å². The summed E-state index contributed by atoms with van der Waals surface area (Å²) in [6, 6.07) is 9.60. The Bertz CT molecular complexity index is 518. The van der Waals surface area contributed by atoms with Crippen molar-refractivity contribution in [1.82, 2.24) is 10.2 Å². The molecule has 2 unspecified atom stereocenters. The molecular formula is C18H26N2O3. The van der Waals surface area contributed by atoms with E-state index < -0.39 is 6.10 Å². The quantitative estimate of drug-likeness (QED) is 0.841. The van der Waals surface area contributed by atoms with E-state index in [0.717, 1.165) is 31.2 Å². The fraction of sp³-hybridized carbons (Fsp3) is 0.556. The monoisotopic (exact) mass is 318 g/mol. The lowest BCUT2D eigenvalue weighted by atomic mass is 9.92. The van der Waals surface area contributed by atoms with Crippen molar-refractivity contribution in [2.75, 3.05) is 6.54 Å². The fourth-order valence-corrected chi connectivity index (χ4v) is 2.95. The van der Waals surface area contributed by atoms with Gasteiger partial charge in [-0.3, -0.25) is 9.59 Å². The first-order valence-corrected chi connectivity index (χ1v) is 8.33. The number of benzene rings is 1. The van der Waals surface area contributed by atoms with Gasteiger partial charge >= 0.3 is 0 Å². The molecule has 1 fully saturated rings. The Hall–Kier alpha value is -1.88. The van der Waals surface area contributed by atoms with Gasteiger partial charge in [-0.1, -0.05) is 43.2 Å². The third-order valence-electron chi connectivity index (χ3n) is 4.35. The summed E-state index contributed by atoms with van der Waals surface area (Å²) < 4.78 is 0. The van der Waals surface area contributed by atoms with E-state index in [1.807, 2.05) is 30.3 Å². The normalized spacial score (nSPS) is 20.8. The van der Waals surface area contributed by atoms with Gasteiger partial charge in [0, 0.05) is 26.4 Å². The molecule has 0 saturated heterocycles. The Morgan fingerprint density at radius 2 is 1.91 bits per heavy atom. The molecule has 1 aliphatic carbocycles. The molecular weight excluding hydrogens is 292 g/mol. The molecule has 1 aromatic carbocycles. The molecule has 2 rings (SSSR count). The van der Waals surface area contributed by atoms with Gasteiger partial charge in [-0.15, -0.1) is 0 Å². The minimum Gasteiger partial charge on any atom is -0.391 e. The number of nitrogens with zero attached hydrogens (tertiary/aromatic N) is 1. The number of amides is 2. The van der Waals surface area contributed by atoms with Crippen LogP contribution in [-0.2, 0) is 16.1 Å². The van der Waals surface area contributed by atoms with Crippen LogP contribution in [0.3, 0.4) is 0 Å². The summed E-state index contributed by atoms with van der Waals surface area (Å²) in [6.45, 7) is 2.42. The van der Waals surface area contributed by atoms with E-state index in [1.165, 1.54) is 6.92 Å². The van der Waals surface area contributed by atoms with Crippen molar-refractivity contribution in [2.45, 2.75) is 57.7 Å². The van der Waals surface area contributed by atoms with Crippen molar-refractivity contribution < 1.29 is 14.7 Å². The number of aliphatic hydroxyl groups is 1. The molecule has 5 heteroatoms.